The van der Waals surface area contributed by atoms with Crippen molar-refractivity contribution in [1.82, 2.24) is 4.98 Å². The Labute approximate surface area is 105 Å². The molecule has 0 radical (unpaired) electrons. The molecule has 2 rings (SSSR count). The normalized spacial score (nSPS) is 18.0. The molecule has 0 unspecified atom stereocenters. The van der Waals surface area contributed by atoms with Gasteiger partial charge in [0, 0.05) is 12.6 Å². The number of anilines is 1. The zero-order valence-corrected chi connectivity index (χ0v) is 10.4. The van der Waals surface area contributed by atoms with Crippen LogP contribution < -0.4 is 5.32 Å². The molecule has 0 aliphatic heterocycles. The van der Waals surface area contributed by atoms with Crippen LogP contribution in [0.15, 0.2) is 6.07 Å². The Balaban J connectivity index is 2.08. The minimum atomic E-state index is -1.27. The Hall–Kier alpha value is -1.26. The lowest BCUT2D eigenvalue weighted by atomic mass is 9.83. The minimum absolute atomic E-state index is 0.138. The largest absolute Gasteiger partial charge is 0.367 e. The van der Waals surface area contributed by atoms with Crippen molar-refractivity contribution in [3.05, 3.63) is 23.6 Å². The second-order valence-corrected chi connectivity index (χ2v) is 5.01. The Morgan fingerprint density at radius 3 is 2.50 bits per heavy atom. The summed E-state index contributed by atoms with van der Waals surface area (Å²) in [6, 6.07) is 0.526. The summed E-state index contributed by atoms with van der Waals surface area (Å²) in [5.41, 5.74) is 0.138. The number of hydrogen-bond donors (Lipinski definition) is 1. The van der Waals surface area contributed by atoms with Crippen LogP contribution in [0, 0.1) is 23.0 Å². The molecule has 0 spiro atoms. The molecule has 2 nitrogen and oxygen atoms in total. The van der Waals surface area contributed by atoms with Gasteiger partial charge < -0.3 is 5.32 Å². The van der Waals surface area contributed by atoms with E-state index in [0.29, 0.717) is 12.6 Å². The molecular weight excluding hydrogens is 241 g/mol. The fourth-order valence-corrected chi connectivity index (χ4v) is 2.62. The average molecular weight is 258 g/mol. The molecule has 1 N–H and O–H groups in total. The third kappa shape index (κ3) is 2.60. The predicted molar refractivity (Wildman–Crippen MR) is 63.8 cm³/mol. The van der Waals surface area contributed by atoms with Crippen LogP contribution in [-0.2, 0) is 0 Å². The van der Waals surface area contributed by atoms with Gasteiger partial charge in [0.15, 0.2) is 17.5 Å². The van der Waals surface area contributed by atoms with Crippen molar-refractivity contribution in [3.8, 4) is 0 Å². The summed E-state index contributed by atoms with van der Waals surface area (Å²) >= 11 is 0. The predicted octanol–water partition coefficient (Wildman–Crippen LogP) is 3.88. The van der Waals surface area contributed by atoms with Gasteiger partial charge in [0.1, 0.15) is 0 Å². The third-order valence-electron chi connectivity index (χ3n) is 3.93. The topological polar surface area (TPSA) is 24.9 Å². The van der Waals surface area contributed by atoms with Crippen LogP contribution in [0.2, 0.25) is 0 Å². The monoisotopic (exact) mass is 258 g/mol. The molecule has 1 fully saturated rings. The zero-order valence-electron chi connectivity index (χ0n) is 10.4. The summed E-state index contributed by atoms with van der Waals surface area (Å²) in [5.74, 6) is -3.58. The van der Waals surface area contributed by atoms with Crippen LogP contribution in [0.1, 0.15) is 39.0 Å². The van der Waals surface area contributed by atoms with Gasteiger partial charge >= 0.3 is 0 Å². The van der Waals surface area contributed by atoms with Crippen LogP contribution in [0.4, 0.5) is 19.0 Å². The molecule has 100 valence electrons. The lowest BCUT2D eigenvalue weighted by Gasteiger charge is -2.27. The molecule has 0 aromatic carbocycles. The van der Waals surface area contributed by atoms with Crippen molar-refractivity contribution in [3.63, 3.8) is 0 Å². The van der Waals surface area contributed by atoms with E-state index in [4.69, 9.17) is 0 Å². The second kappa shape index (κ2) is 5.16. The Kier molecular flexibility index (Phi) is 3.78. The summed E-state index contributed by atoms with van der Waals surface area (Å²) in [7, 11) is 0. The molecule has 0 saturated heterocycles. The fourth-order valence-electron chi connectivity index (χ4n) is 2.62. The first-order valence-corrected chi connectivity index (χ1v) is 6.32. The average Bonchev–Trinajstić information content (AvgIpc) is 2.82. The zero-order chi connectivity index (χ0) is 13.2. The van der Waals surface area contributed by atoms with E-state index < -0.39 is 17.6 Å². The lowest BCUT2D eigenvalue weighted by molar-refractivity contribution is 0.306. The van der Waals surface area contributed by atoms with Crippen molar-refractivity contribution >= 4 is 5.82 Å². The van der Waals surface area contributed by atoms with E-state index in [1.807, 2.05) is 0 Å². The molecule has 18 heavy (non-hydrogen) atoms. The quantitative estimate of drug-likeness (QED) is 0.829. The molecule has 1 saturated carbocycles. The summed E-state index contributed by atoms with van der Waals surface area (Å²) in [5, 5.41) is 2.82. The maximum Gasteiger partial charge on any atom is 0.251 e. The van der Waals surface area contributed by atoms with Crippen molar-refractivity contribution < 1.29 is 13.2 Å². The summed E-state index contributed by atoms with van der Waals surface area (Å²) < 4.78 is 39.1. The van der Waals surface area contributed by atoms with E-state index >= 15 is 0 Å². The summed E-state index contributed by atoms with van der Waals surface area (Å²) in [4.78, 5) is 3.27. The van der Waals surface area contributed by atoms with Crippen LogP contribution in [0.5, 0.6) is 0 Å². The first-order valence-electron chi connectivity index (χ1n) is 6.32. The third-order valence-corrected chi connectivity index (χ3v) is 3.93. The Morgan fingerprint density at radius 1 is 1.22 bits per heavy atom. The number of hydrogen-bond acceptors (Lipinski definition) is 2. The summed E-state index contributed by atoms with van der Waals surface area (Å²) in [6.07, 6.45) is 5.50. The van der Waals surface area contributed by atoms with Gasteiger partial charge in [0.2, 0.25) is 0 Å². The van der Waals surface area contributed by atoms with Crippen LogP contribution in [0.25, 0.3) is 0 Å². The van der Waals surface area contributed by atoms with Gasteiger partial charge in [0.05, 0.1) is 0 Å². The van der Waals surface area contributed by atoms with Crippen molar-refractivity contribution in [2.24, 2.45) is 5.41 Å². The van der Waals surface area contributed by atoms with Crippen molar-refractivity contribution in [1.29, 1.82) is 0 Å². The van der Waals surface area contributed by atoms with Crippen molar-refractivity contribution in [2.45, 2.75) is 39.0 Å². The van der Waals surface area contributed by atoms with E-state index in [2.05, 4.69) is 17.2 Å². The van der Waals surface area contributed by atoms with Crippen LogP contribution in [0.3, 0.4) is 0 Å². The van der Waals surface area contributed by atoms with Gasteiger partial charge in [-0.1, -0.05) is 19.8 Å². The molecule has 1 heterocycles. The highest BCUT2D eigenvalue weighted by Crippen LogP contribution is 2.40. The molecule has 1 aliphatic rings. The van der Waals surface area contributed by atoms with Crippen LogP contribution >= 0.6 is 0 Å². The molecule has 0 atom stereocenters. The summed E-state index contributed by atoms with van der Waals surface area (Å²) in [6.45, 7) is 2.65. The van der Waals surface area contributed by atoms with Crippen LogP contribution in [-0.4, -0.2) is 11.5 Å². The highest BCUT2D eigenvalue weighted by molar-refractivity contribution is 5.36. The second-order valence-electron chi connectivity index (χ2n) is 5.01. The van der Waals surface area contributed by atoms with E-state index in [0.717, 1.165) is 19.3 Å². The first kappa shape index (κ1) is 13.2. The Bertz CT molecular complexity index is 428. The number of aromatic nitrogens is 1. The van der Waals surface area contributed by atoms with Gasteiger partial charge in [0.25, 0.3) is 5.95 Å². The Morgan fingerprint density at radius 2 is 1.89 bits per heavy atom. The molecular formula is C13H17F3N2. The lowest BCUT2D eigenvalue weighted by Crippen LogP contribution is -2.26. The van der Waals surface area contributed by atoms with Gasteiger partial charge in [-0.15, -0.1) is 0 Å². The fraction of sp³-hybridized carbons (Fsp3) is 0.615. The smallest absolute Gasteiger partial charge is 0.251 e. The maximum absolute atomic E-state index is 13.4. The number of rotatable bonds is 4. The molecule has 1 aromatic heterocycles. The van der Waals surface area contributed by atoms with Gasteiger partial charge in [-0.25, -0.2) is 8.78 Å². The maximum atomic E-state index is 13.4. The standard InChI is InChI=1S/C13H17F3N2/c1-2-13(5-3-4-6-13)8-17-12-10(15)7-9(14)11(16)18-12/h7H,2-6,8H2,1H3,(H,17,18). The van der Waals surface area contributed by atoms with E-state index in [-0.39, 0.29) is 11.2 Å². The van der Waals surface area contributed by atoms with Gasteiger partial charge in [-0.3, -0.25) is 0 Å². The van der Waals surface area contributed by atoms with Crippen molar-refractivity contribution in [2.75, 3.05) is 11.9 Å². The highest BCUT2D eigenvalue weighted by atomic mass is 19.2. The molecule has 1 aromatic rings. The number of pyridine rings is 1. The number of nitrogens with one attached hydrogen (secondary N) is 1. The van der Waals surface area contributed by atoms with E-state index in [1.165, 1.54) is 12.8 Å². The van der Waals surface area contributed by atoms with E-state index in [1.54, 1.807) is 0 Å². The minimum Gasteiger partial charge on any atom is -0.367 e. The first-order chi connectivity index (χ1) is 8.56. The van der Waals surface area contributed by atoms with Gasteiger partial charge in [-0.05, 0) is 24.7 Å². The number of nitrogens with zero attached hydrogens (tertiary/aromatic N) is 1. The highest BCUT2D eigenvalue weighted by Gasteiger charge is 2.32. The SMILES string of the molecule is CCC1(CNc2nc(F)c(F)cc2F)CCCC1. The number of halogens is 3. The van der Waals surface area contributed by atoms with Gasteiger partial charge in [-0.2, -0.15) is 9.37 Å². The van der Waals surface area contributed by atoms with E-state index in [9.17, 15) is 13.2 Å². The molecule has 5 heteroatoms. The molecule has 0 amide bonds. The molecule has 1 aliphatic carbocycles. The molecule has 0 bridgehead atoms.